The molecule has 5 rings (SSSR count). The first kappa shape index (κ1) is 29.9. The van der Waals surface area contributed by atoms with Crippen LogP contribution in [0.2, 0.25) is 0 Å². The maximum Gasteiger partial charge on any atom is 0.193 e. The van der Waals surface area contributed by atoms with Crippen LogP contribution in [0.1, 0.15) is 115 Å². The smallest absolute Gasteiger partial charge is 0.193 e. The molecule has 2 saturated carbocycles. The van der Waals surface area contributed by atoms with E-state index in [-0.39, 0.29) is 11.6 Å². The lowest BCUT2D eigenvalue weighted by atomic mass is 9.74. The summed E-state index contributed by atoms with van der Waals surface area (Å²) in [6.45, 7) is 2.98. The molecule has 5 nitrogen and oxygen atoms in total. The molecular formula is C35H42O5. The average Bonchev–Trinajstić information content (AvgIpc) is 2.97. The number of aliphatic hydroxyl groups is 3. The Bertz CT molecular complexity index is 1220. The Labute approximate surface area is 237 Å². The molecule has 3 aromatic carbocycles. The summed E-state index contributed by atoms with van der Waals surface area (Å²) in [5.74, 6) is -0.340. The first-order chi connectivity index (χ1) is 19.1. The molecule has 0 aromatic heterocycles. The Balaban J connectivity index is 0.000000259. The van der Waals surface area contributed by atoms with Crippen LogP contribution in [-0.4, -0.2) is 32.5 Å². The number of hydrogen-bond donors (Lipinski definition) is 3. The maximum absolute atomic E-state index is 13.6. The molecule has 0 heterocycles. The molecule has 0 saturated heterocycles. The molecule has 40 heavy (non-hydrogen) atoms. The van der Waals surface area contributed by atoms with Gasteiger partial charge in [0.2, 0.25) is 0 Å². The molecule has 0 bridgehead atoms. The highest BCUT2D eigenvalue weighted by molar-refractivity contribution is 6.11. The highest BCUT2D eigenvalue weighted by atomic mass is 16.3. The van der Waals surface area contributed by atoms with Gasteiger partial charge in [0.15, 0.2) is 11.6 Å². The average molecular weight is 543 g/mol. The van der Waals surface area contributed by atoms with Crippen LogP contribution in [0.4, 0.5) is 0 Å². The molecule has 0 amide bonds. The molecule has 2 fully saturated rings. The van der Waals surface area contributed by atoms with Gasteiger partial charge in [0, 0.05) is 16.7 Å². The molecule has 0 atom stereocenters. The standard InChI is InChI=1S/C25H30O3.C10H12O2/c26-23(19-11-3-5-13-21(19)24(27)15-7-1-8-16-24)20-12-4-6-14-22(20)25(28)17-9-2-10-18-25;1-10(2,12)9(11)8-6-4-3-5-7-8/h3-6,11-14,27-28H,1-2,7-10,15-18H2;3-7,12H,1-2H3. The highest BCUT2D eigenvalue weighted by Gasteiger charge is 2.37. The molecule has 0 radical (unpaired) electrons. The van der Waals surface area contributed by atoms with Gasteiger partial charge in [-0.25, -0.2) is 0 Å². The summed E-state index contributed by atoms with van der Waals surface area (Å²) >= 11 is 0. The third kappa shape index (κ3) is 6.77. The van der Waals surface area contributed by atoms with E-state index < -0.39 is 16.8 Å². The van der Waals surface area contributed by atoms with Crippen molar-refractivity contribution in [3.05, 3.63) is 107 Å². The van der Waals surface area contributed by atoms with Gasteiger partial charge in [0.1, 0.15) is 5.60 Å². The van der Waals surface area contributed by atoms with E-state index in [1.165, 1.54) is 13.8 Å². The van der Waals surface area contributed by atoms with Gasteiger partial charge in [-0.05, 0) is 50.7 Å². The Hall–Kier alpha value is -3.12. The van der Waals surface area contributed by atoms with Crippen LogP contribution >= 0.6 is 0 Å². The van der Waals surface area contributed by atoms with Crippen molar-refractivity contribution >= 4 is 11.6 Å². The third-order valence-electron chi connectivity index (χ3n) is 8.30. The van der Waals surface area contributed by atoms with Crippen molar-refractivity contribution in [3.8, 4) is 0 Å². The van der Waals surface area contributed by atoms with Crippen molar-refractivity contribution < 1.29 is 24.9 Å². The summed E-state index contributed by atoms with van der Waals surface area (Å²) in [6, 6.07) is 23.8. The van der Waals surface area contributed by atoms with E-state index in [0.29, 0.717) is 42.4 Å². The Morgan fingerprint density at radius 1 is 0.600 bits per heavy atom. The summed E-state index contributed by atoms with van der Waals surface area (Å²) in [5.41, 5.74) is 0.0294. The monoisotopic (exact) mass is 542 g/mol. The van der Waals surface area contributed by atoms with Gasteiger partial charge in [-0.3, -0.25) is 9.59 Å². The number of carbonyl (C=O) groups is 2. The molecule has 0 spiro atoms. The summed E-state index contributed by atoms with van der Waals surface area (Å²) in [6.07, 6.45) is 8.98. The predicted molar refractivity (Wildman–Crippen MR) is 157 cm³/mol. The number of carbonyl (C=O) groups excluding carboxylic acids is 2. The van der Waals surface area contributed by atoms with Crippen molar-refractivity contribution in [2.24, 2.45) is 0 Å². The van der Waals surface area contributed by atoms with Gasteiger partial charge < -0.3 is 15.3 Å². The van der Waals surface area contributed by atoms with Crippen LogP contribution in [0.3, 0.4) is 0 Å². The van der Waals surface area contributed by atoms with E-state index in [9.17, 15) is 24.9 Å². The van der Waals surface area contributed by atoms with Gasteiger partial charge in [0.05, 0.1) is 11.2 Å². The van der Waals surface area contributed by atoms with E-state index in [0.717, 1.165) is 49.7 Å². The lowest BCUT2D eigenvalue weighted by molar-refractivity contribution is -0.00188. The van der Waals surface area contributed by atoms with Gasteiger partial charge >= 0.3 is 0 Å². The Kier molecular flexibility index (Phi) is 9.40. The second-order valence-corrected chi connectivity index (χ2v) is 11.9. The largest absolute Gasteiger partial charge is 0.385 e. The third-order valence-corrected chi connectivity index (χ3v) is 8.30. The maximum atomic E-state index is 13.6. The number of Topliss-reactive ketones (excluding diaryl/α,β-unsaturated/α-hetero) is 1. The fourth-order valence-electron chi connectivity index (χ4n) is 6.07. The van der Waals surface area contributed by atoms with E-state index >= 15 is 0 Å². The zero-order chi connectivity index (χ0) is 28.8. The molecule has 2 aliphatic carbocycles. The first-order valence-electron chi connectivity index (χ1n) is 14.6. The van der Waals surface area contributed by atoms with Crippen molar-refractivity contribution in [3.63, 3.8) is 0 Å². The van der Waals surface area contributed by atoms with Crippen molar-refractivity contribution in [1.82, 2.24) is 0 Å². The van der Waals surface area contributed by atoms with E-state index in [1.807, 2.05) is 54.6 Å². The topological polar surface area (TPSA) is 94.8 Å². The molecule has 212 valence electrons. The SMILES string of the molecule is CC(C)(O)C(=O)c1ccccc1.O=C(c1ccccc1C1(O)CCCCC1)c1ccccc1C1(O)CCCCC1. The minimum absolute atomic E-state index is 0.0933. The van der Waals surface area contributed by atoms with Crippen LogP contribution in [-0.2, 0) is 11.2 Å². The lowest BCUT2D eigenvalue weighted by Gasteiger charge is -2.35. The molecule has 5 heteroatoms. The van der Waals surface area contributed by atoms with Gasteiger partial charge in [-0.15, -0.1) is 0 Å². The molecule has 3 aromatic rings. The van der Waals surface area contributed by atoms with Crippen LogP contribution in [0.5, 0.6) is 0 Å². The summed E-state index contributed by atoms with van der Waals surface area (Å²) < 4.78 is 0. The van der Waals surface area contributed by atoms with Crippen molar-refractivity contribution in [2.75, 3.05) is 0 Å². The van der Waals surface area contributed by atoms with E-state index in [4.69, 9.17) is 0 Å². The number of benzene rings is 3. The summed E-state index contributed by atoms with van der Waals surface area (Å²) in [5, 5.41) is 32.0. The fourth-order valence-corrected chi connectivity index (χ4v) is 6.07. The predicted octanol–water partition coefficient (Wildman–Crippen LogP) is 6.86. The Morgan fingerprint density at radius 2 is 0.975 bits per heavy atom. The van der Waals surface area contributed by atoms with E-state index in [2.05, 4.69) is 0 Å². The fraction of sp³-hybridized carbons (Fsp3) is 0.429. The van der Waals surface area contributed by atoms with Gasteiger partial charge in [-0.1, -0.05) is 117 Å². The van der Waals surface area contributed by atoms with E-state index in [1.54, 1.807) is 24.3 Å². The quantitative estimate of drug-likeness (QED) is 0.296. The number of rotatable bonds is 6. The molecule has 2 aliphatic rings. The zero-order valence-corrected chi connectivity index (χ0v) is 23.7. The van der Waals surface area contributed by atoms with Crippen molar-refractivity contribution in [2.45, 2.75) is 94.9 Å². The highest BCUT2D eigenvalue weighted by Crippen LogP contribution is 2.41. The number of ketones is 2. The number of hydrogen-bond acceptors (Lipinski definition) is 5. The minimum Gasteiger partial charge on any atom is -0.385 e. The van der Waals surface area contributed by atoms with Gasteiger partial charge in [0.25, 0.3) is 0 Å². The lowest BCUT2D eigenvalue weighted by Crippen LogP contribution is -2.32. The van der Waals surface area contributed by atoms with Crippen LogP contribution in [0.25, 0.3) is 0 Å². The van der Waals surface area contributed by atoms with Crippen LogP contribution in [0.15, 0.2) is 78.9 Å². The zero-order valence-electron chi connectivity index (χ0n) is 23.7. The Morgan fingerprint density at radius 3 is 1.38 bits per heavy atom. The minimum atomic E-state index is -1.28. The van der Waals surface area contributed by atoms with Crippen LogP contribution in [0, 0.1) is 0 Å². The first-order valence-corrected chi connectivity index (χ1v) is 14.6. The van der Waals surface area contributed by atoms with Crippen molar-refractivity contribution in [1.29, 1.82) is 0 Å². The molecule has 0 unspecified atom stereocenters. The second kappa shape index (κ2) is 12.6. The van der Waals surface area contributed by atoms with Gasteiger partial charge in [-0.2, -0.15) is 0 Å². The van der Waals surface area contributed by atoms with Crippen LogP contribution < -0.4 is 0 Å². The summed E-state index contributed by atoms with van der Waals surface area (Å²) in [4.78, 5) is 25.1. The summed E-state index contributed by atoms with van der Waals surface area (Å²) in [7, 11) is 0. The molecule has 3 N–H and O–H groups in total. The second-order valence-electron chi connectivity index (χ2n) is 11.9. The molecular weight excluding hydrogens is 500 g/mol. The molecule has 0 aliphatic heterocycles. The normalized spacial score (nSPS) is 18.2.